The van der Waals surface area contributed by atoms with Crippen LogP contribution >= 0.6 is 0 Å². The lowest BCUT2D eigenvalue weighted by Gasteiger charge is -2.31. The number of hydrogen-bond acceptors (Lipinski definition) is 5. The highest BCUT2D eigenvalue weighted by molar-refractivity contribution is 6.06. The molecule has 36 heavy (non-hydrogen) atoms. The summed E-state index contributed by atoms with van der Waals surface area (Å²) in [6.45, 7) is 3.82. The molecule has 0 atom stereocenters. The Balaban J connectivity index is 1.42. The van der Waals surface area contributed by atoms with E-state index in [4.69, 9.17) is 9.72 Å². The summed E-state index contributed by atoms with van der Waals surface area (Å²) in [5.41, 5.74) is 3.98. The molecule has 2 aromatic heterocycles. The molecule has 0 unspecified atom stereocenters. The number of nitrogens with zero attached hydrogens (tertiary/aromatic N) is 4. The van der Waals surface area contributed by atoms with Gasteiger partial charge < -0.3 is 15.0 Å². The van der Waals surface area contributed by atoms with Gasteiger partial charge in [-0.25, -0.2) is 14.5 Å². The fraction of sp³-hybridized carbons (Fsp3) is 0.286. The zero-order valence-electron chi connectivity index (χ0n) is 20.3. The lowest BCUT2D eigenvalue weighted by atomic mass is 10.0. The van der Waals surface area contributed by atoms with Crippen LogP contribution in [0.5, 0.6) is 0 Å². The van der Waals surface area contributed by atoms with Gasteiger partial charge in [0.05, 0.1) is 36.0 Å². The van der Waals surface area contributed by atoms with E-state index in [2.05, 4.69) is 10.4 Å². The minimum atomic E-state index is -0.295. The van der Waals surface area contributed by atoms with Crippen molar-refractivity contribution in [2.45, 2.75) is 32.4 Å². The van der Waals surface area contributed by atoms with Crippen molar-refractivity contribution in [1.82, 2.24) is 25.0 Å². The van der Waals surface area contributed by atoms with Crippen LogP contribution in [0.25, 0.3) is 22.3 Å². The summed E-state index contributed by atoms with van der Waals surface area (Å²) >= 11 is 0. The molecule has 1 fully saturated rings. The van der Waals surface area contributed by atoms with Crippen LogP contribution in [0.15, 0.2) is 72.9 Å². The second-order valence-electron chi connectivity index (χ2n) is 8.88. The maximum absolute atomic E-state index is 13.5. The minimum absolute atomic E-state index is 0.0223. The van der Waals surface area contributed by atoms with Crippen molar-refractivity contribution < 1.29 is 14.3 Å². The Kier molecular flexibility index (Phi) is 6.93. The summed E-state index contributed by atoms with van der Waals surface area (Å²) in [6.07, 6.45) is 2.78. The van der Waals surface area contributed by atoms with Gasteiger partial charge in [0.15, 0.2) is 5.65 Å². The molecule has 1 aliphatic heterocycles. The first-order valence-electron chi connectivity index (χ1n) is 12.3. The monoisotopic (exact) mass is 483 g/mol. The number of hydrogen-bond donors (Lipinski definition) is 1. The van der Waals surface area contributed by atoms with Gasteiger partial charge in [0.2, 0.25) is 0 Å². The van der Waals surface area contributed by atoms with Gasteiger partial charge in [0.25, 0.3) is 5.91 Å². The topological polar surface area (TPSA) is 89.3 Å². The largest absolute Gasteiger partial charge is 0.450 e. The van der Waals surface area contributed by atoms with E-state index in [1.807, 2.05) is 71.4 Å². The highest BCUT2D eigenvalue weighted by Gasteiger charge is 2.26. The molecule has 0 spiro atoms. The number of ether oxygens (including phenoxy) is 1. The van der Waals surface area contributed by atoms with Gasteiger partial charge in [0, 0.05) is 24.7 Å². The molecule has 184 valence electrons. The van der Waals surface area contributed by atoms with E-state index in [0.717, 1.165) is 16.8 Å². The van der Waals surface area contributed by atoms with E-state index in [1.54, 1.807) is 18.0 Å². The number of piperidine rings is 1. The van der Waals surface area contributed by atoms with Crippen LogP contribution in [0.3, 0.4) is 0 Å². The molecule has 5 rings (SSSR count). The zero-order valence-corrected chi connectivity index (χ0v) is 20.3. The first-order valence-corrected chi connectivity index (χ1v) is 12.3. The average molecular weight is 484 g/mol. The van der Waals surface area contributed by atoms with Crippen molar-refractivity contribution in [2.75, 3.05) is 19.7 Å². The SMILES string of the molecule is CCOC(=O)N1CCC(NC(=O)c2cc(-c3ccccc3)nc3c2cnn3Cc2ccccc2)CC1. The lowest BCUT2D eigenvalue weighted by Crippen LogP contribution is -2.46. The van der Waals surface area contributed by atoms with Crippen LogP contribution in [-0.2, 0) is 11.3 Å². The van der Waals surface area contributed by atoms with Crippen molar-refractivity contribution in [3.8, 4) is 11.3 Å². The first kappa shape index (κ1) is 23.5. The van der Waals surface area contributed by atoms with Gasteiger partial charge in [-0.1, -0.05) is 60.7 Å². The minimum Gasteiger partial charge on any atom is -0.450 e. The van der Waals surface area contributed by atoms with E-state index in [9.17, 15) is 9.59 Å². The first-order chi connectivity index (χ1) is 17.6. The third-order valence-corrected chi connectivity index (χ3v) is 6.45. The standard InChI is InChI=1S/C28H29N5O3/c1-2-36-28(35)32-15-13-22(14-16-32)30-27(34)23-17-25(21-11-7-4-8-12-21)31-26-24(23)18-29-33(26)19-20-9-5-3-6-10-20/h3-12,17-18,22H,2,13-16,19H2,1H3,(H,30,34). The maximum atomic E-state index is 13.5. The quantitative estimate of drug-likeness (QED) is 0.436. The number of pyridine rings is 1. The molecule has 4 aromatic rings. The summed E-state index contributed by atoms with van der Waals surface area (Å²) in [6, 6.07) is 21.7. The van der Waals surface area contributed by atoms with E-state index in [0.29, 0.717) is 55.7 Å². The van der Waals surface area contributed by atoms with Crippen molar-refractivity contribution in [3.63, 3.8) is 0 Å². The number of benzene rings is 2. The number of carbonyl (C=O) groups is 2. The molecule has 1 N–H and O–H groups in total. The Morgan fingerprint density at radius 1 is 1.03 bits per heavy atom. The summed E-state index contributed by atoms with van der Waals surface area (Å²) in [4.78, 5) is 32.1. The normalized spacial score (nSPS) is 14.1. The molecule has 1 aliphatic rings. The Hall–Kier alpha value is -4.20. The van der Waals surface area contributed by atoms with Crippen LogP contribution in [0.2, 0.25) is 0 Å². The van der Waals surface area contributed by atoms with Crippen LogP contribution in [0, 0.1) is 0 Å². The molecule has 2 aromatic carbocycles. The summed E-state index contributed by atoms with van der Waals surface area (Å²) in [5, 5.41) is 8.47. The smallest absolute Gasteiger partial charge is 0.409 e. The molecule has 0 saturated carbocycles. The van der Waals surface area contributed by atoms with Crippen LogP contribution in [0.1, 0.15) is 35.7 Å². The molecular weight excluding hydrogens is 454 g/mol. The van der Waals surface area contributed by atoms with Crippen LogP contribution in [0.4, 0.5) is 4.79 Å². The van der Waals surface area contributed by atoms with Gasteiger partial charge in [-0.2, -0.15) is 5.10 Å². The summed E-state index contributed by atoms with van der Waals surface area (Å²) < 4.78 is 6.94. The molecule has 2 amide bonds. The molecule has 3 heterocycles. The van der Waals surface area contributed by atoms with Gasteiger partial charge in [0.1, 0.15) is 0 Å². The Morgan fingerprint density at radius 2 is 1.72 bits per heavy atom. The van der Waals surface area contributed by atoms with E-state index in [1.165, 1.54) is 0 Å². The van der Waals surface area contributed by atoms with E-state index < -0.39 is 0 Å². The Labute approximate surface area is 209 Å². The summed E-state index contributed by atoms with van der Waals surface area (Å²) in [5.74, 6) is -0.159. The second-order valence-corrected chi connectivity index (χ2v) is 8.88. The predicted octanol–water partition coefficient (Wildman–Crippen LogP) is 4.50. The summed E-state index contributed by atoms with van der Waals surface area (Å²) in [7, 11) is 0. The maximum Gasteiger partial charge on any atom is 0.409 e. The number of amides is 2. The molecule has 0 bridgehead atoms. The molecule has 8 nitrogen and oxygen atoms in total. The predicted molar refractivity (Wildman–Crippen MR) is 138 cm³/mol. The third-order valence-electron chi connectivity index (χ3n) is 6.45. The van der Waals surface area contributed by atoms with Gasteiger partial charge in [-0.05, 0) is 31.4 Å². The van der Waals surface area contributed by atoms with Gasteiger partial charge >= 0.3 is 6.09 Å². The lowest BCUT2D eigenvalue weighted by molar-refractivity contribution is 0.0861. The highest BCUT2D eigenvalue weighted by atomic mass is 16.6. The van der Waals surface area contributed by atoms with E-state index >= 15 is 0 Å². The number of rotatable bonds is 6. The van der Waals surface area contributed by atoms with Crippen molar-refractivity contribution in [1.29, 1.82) is 0 Å². The molecule has 0 aliphatic carbocycles. The number of carbonyl (C=O) groups excluding carboxylic acids is 2. The Morgan fingerprint density at radius 3 is 2.42 bits per heavy atom. The van der Waals surface area contributed by atoms with Crippen molar-refractivity contribution in [2.24, 2.45) is 0 Å². The van der Waals surface area contributed by atoms with Crippen LogP contribution < -0.4 is 5.32 Å². The molecule has 1 saturated heterocycles. The van der Waals surface area contributed by atoms with Crippen molar-refractivity contribution >= 4 is 23.0 Å². The fourth-order valence-corrected chi connectivity index (χ4v) is 4.55. The van der Waals surface area contributed by atoms with Gasteiger partial charge in [-0.15, -0.1) is 0 Å². The number of likely N-dealkylation sites (tertiary alicyclic amines) is 1. The average Bonchev–Trinajstić information content (AvgIpc) is 3.32. The van der Waals surface area contributed by atoms with Gasteiger partial charge in [-0.3, -0.25) is 4.79 Å². The highest BCUT2D eigenvalue weighted by Crippen LogP contribution is 2.26. The number of nitrogens with one attached hydrogen (secondary N) is 1. The second kappa shape index (κ2) is 10.6. The fourth-order valence-electron chi connectivity index (χ4n) is 4.55. The number of aromatic nitrogens is 3. The Bertz CT molecular complexity index is 1350. The number of fused-ring (bicyclic) bond motifs is 1. The van der Waals surface area contributed by atoms with E-state index in [-0.39, 0.29) is 18.0 Å². The molecule has 0 radical (unpaired) electrons. The molecule has 8 heteroatoms. The zero-order chi connectivity index (χ0) is 24.9. The third kappa shape index (κ3) is 5.07. The van der Waals surface area contributed by atoms with Crippen LogP contribution in [-0.4, -0.2) is 57.4 Å². The van der Waals surface area contributed by atoms with Crippen molar-refractivity contribution in [3.05, 3.63) is 84.1 Å². The molecular formula is C28H29N5O3.